The highest BCUT2D eigenvalue weighted by atomic mass is 16.2. The zero-order valence-electron chi connectivity index (χ0n) is 9.03. The molecule has 0 atom stereocenters. The molecule has 0 spiro atoms. The molecule has 7 nitrogen and oxygen atoms in total. The van der Waals surface area contributed by atoms with Crippen molar-refractivity contribution in [3.63, 3.8) is 0 Å². The monoisotopic (exact) mass is 222 g/mol. The highest BCUT2D eigenvalue weighted by molar-refractivity contribution is 5.82. The van der Waals surface area contributed by atoms with Gasteiger partial charge in [-0.2, -0.15) is 9.97 Å². The SMILES string of the molecule is CNc1cc(N2CCNC(=O)C2)nc(N)n1. The first kappa shape index (κ1) is 10.5. The molecule has 1 aromatic heterocycles. The normalized spacial score (nSPS) is 15.8. The summed E-state index contributed by atoms with van der Waals surface area (Å²) in [6, 6.07) is 1.77. The Bertz CT molecular complexity index is 407. The molecule has 4 N–H and O–H groups in total. The summed E-state index contributed by atoms with van der Waals surface area (Å²) in [6.45, 7) is 1.66. The molecule has 0 saturated carbocycles. The number of carbonyl (C=O) groups is 1. The molecule has 1 aromatic rings. The number of piperazine rings is 1. The van der Waals surface area contributed by atoms with Crippen molar-refractivity contribution < 1.29 is 4.79 Å². The number of nitrogens with two attached hydrogens (primary N) is 1. The van der Waals surface area contributed by atoms with E-state index in [2.05, 4.69) is 20.6 Å². The van der Waals surface area contributed by atoms with E-state index in [0.29, 0.717) is 24.7 Å². The second kappa shape index (κ2) is 4.21. The van der Waals surface area contributed by atoms with E-state index in [-0.39, 0.29) is 11.9 Å². The molecule has 16 heavy (non-hydrogen) atoms. The maximum atomic E-state index is 11.2. The Balaban J connectivity index is 2.24. The fourth-order valence-corrected chi connectivity index (χ4v) is 1.58. The Labute approximate surface area is 93.1 Å². The lowest BCUT2D eigenvalue weighted by Gasteiger charge is -2.27. The van der Waals surface area contributed by atoms with Gasteiger partial charge in [0.05, 0.1) is 6.54 Å². The summed E-state index contributed by atoms with van der Waals surface area (Å²) in [6.07, 6.45) is 0. The largest absolute Gasteiger partial charge is 0.373 e. The van der Waals surface area contributed by atoms with Crippen LogP contribution >= 0.6 is 0 Å². The first-order valence-electron chi connectivity index (χ1n) is 5.03. The number of amides is 1. The van der Waals surface area contributed by atoms with E-state index in [0.717, 1.165) is 6.54 Å². The van der Waals surface area contributed by atoms with Gasteiger partial charge in [-0.15, -0.1) is 0 Å². The van der Waals surface area contributed by atoms with Gasteiger partial charge in [0.25, 0.3) is 0 Å². The third-order valence-electron chi connectivity index (χ3n) is 2.35. The maximum absolute atomic E-state index is 11.2. The first-order valence-corrected chi connectivity index (χ1v) is 5.03. The smallest absolute Gasteiger partial charge is 0.239 e. The molecule has 2 rings (SSSR count). The van der Waals surface area contributed by atoms with Gasteiger partial charge in [-0.1, -0.05) is 0 Å². The Kier molecular flexibility index (Phi) is 2.76. The van der Waals surface area contributed by atoms with E-state index < -0.39 is 0 Å². The number of rotatable bonds is 2. The number of hydrogen-bond acceptors (Lipinski definition) is 6. The predicted molar refractivity (Wildman–Crippen MR) is 61.2 cm³/mol. The molecule has 2 heterocycles. The van der Waals surface area contributed by atoms with Crippen molar-refractivity contribution in [2.75, 3.05) is 42.6 Å². The number of anilines is 3. The van der Waals surface area contributed by atoms with E-state index in [1.54, 1.807) is 13.1 Å². The average Bonchev–Trinajstić information content (AvgIpc) is 2.28. The number of hydrogen-bond donors (Lipinski definition) is 3. The fraction of sp³-hybridized carbons (Fsp3) is 0.444. The van der Waals surface area contributed by atoms with Gasteiger partial charge >= 0.3 is 0 Å². The highest BCUT2D eigenvalue weighted by Crippen LogP contribution is 2.16. The molecule has 0 aliphatic carbocycles. The molecule has 86 valence electrons. The van der Waals surface area contributed by atoms with Gasteiger partial charge in [-0.05, 0) is 0 Å². The number of carbonyl (C=O) groups excluding carboxylic acids is 1. The Morgan fingerprint density at radius 3 is 3.06 bits per heavy atom. The average molecular weight is 222 g/mol. The Morgan fingerprint density at radius 2 is 2.38 bits per heavy atom. The molecule has 1 saturated heterocycles. The van der Waals surface area contributed by atoms with Crippen LogP contribution in [0.2, 0.25) is 0 Å². The lowest BCUT2D eigenvalue weighted by atomic mass is 10.3. The lowest BCUT2D eigenvalue weighted by molar-refractivity contribution is -0.120. The standard InChI is InChI=1S/C9H14N6O/c1-11-6-4-7(14-9(10)13-6)15-3-2-12-8(16)5-15/h4H,2-3,5H2,1H3,(H,12,16)(H3,10,11,13,14). The van der Waals surface area contributed by atoms with E-state index in [1.807, 2.05) is 4.90 Å². The van der Waals surface area contributed by atoms with Gasteiger partial charge < -0.3 is 21.3 Å². The van der Waals surface area contributed by atoms with Crippen LogP contribution in [-0.4, -0.2) is 42.6 Å². The number of aromatic nitrogens is 2. The van der Waals surface area contributed by atoms with Crippen LogP contribution in [0.25, 0.3) is 0 Å². The number of nitrogens with one attached hydrogen (secondary N) is 2. The molecular weight excluding hydrogens is 208 g/mol. The van der Waals surface area contributed by atoms with E-state index in [4.69, 9.17) is 5.73 Å². The summed E-state index contributed by atoms with van der Waals surface area (Å²) in [4.78, 5) is 21.2. The minimum absolute atomic E-state index is 0.00515. The predicted octanol–water partition coefficient (Wildman–Crippen LogP) is -0.963. The van der Waals surface area contributed by atoms with Crippen LogP contribution in [0.5, 0.6) is 0 Å². The number of nitrogens with zero attached hydrogens (tertiary/aromatic N) is 3. The van der Waals surface area contributed by atoms with Crippen LogP contribution in [-0.2, 0) is 4.79 Å². The van der Waals surface area contributed by atoms with Crippen molar-refractivity contribution in [3.05, 3.63) is 6.07 Å². The molecule has 1 fully saturated rings. The van der Waals surface area contributed by atoms with Crippen LogP contribution in [0.3, 0.4) is 0 Å². The van der Waals surface area contributed by atoms with Crippen molar-refractivity contribution in [1.82, 2.24) is 15.3 Å². The highest BCUT2D eigenvalue weighted by Gasteiger charge is 2.18. The summed E-state index contributed by atoms with van der Waals surface area (Å²) in [5.74, 6) is 1.52. The molecular formula is C9H14N6O. The van der Waals surface area contributed by atoms with Crippen LogP contribution in [0.15, 0.2) is 6.07 Å². The Hall–Kier alpha value is -2.05. The van der Waals surface area contributed by atoms with Gasteiger partial charge in [-0.25, -0.2) is 0 Å². The minimum Gasteiger partial charge on any atom is -0.373 e. The molecule has 7 heteroatoms. The summed E-state index contributed by atoms with van der Waals surface area (Å²) in [7, 11) is 1.76. The summed E-state index contributed by atoms with van der Waals surface area (Å²) < 4.78 is 0. The quantitative estimate of drug-likeness (QED) is 0.596. The van der Waals surface area contributed by atoms with Gasteiger partial charge in [0.15, 0.2) is 0 Å². The summed E-state index contributed by atoms with van der Waals surface area (Å²) in [5.41, 5.74) is 5.59. The van der Waals surface area contributed by atoms with Crippen molar-refractivity contribution in [1.29, 1.82) is 0 Å². The molecule has 0 unspecified atom stereocenters. The second-order valence-electron chi connectivity index (χ2n) is 3.49. The molecule has 0 bridgehead atoms. The molecule has 0 aromatic carbocycles. The maximum Gasteiger partial charge on any atom is 0.239 e. The molecule has 1 aliphatic rings. The first-order chi connectivity index (χ1) is 7.69. The van der Waals surface area contributed by atoms with Crippen LogP contribution in [0, 0.1) is 0 Å². The summed E-state index contributed by atoms with van der Waals surface area (Å²) in [5, 5.41) is 5.65. The topological polar surface area (TPSA) is 96.2 Å². The van der Waals surface area contributed by atoms with Crippen LogP contribution in [0.1, 0.15) is 0 Å². The van der Waals surface area contributed by atoms with Gasteiger partial charge in [0, 0.05) is 26.2 Å². The molecule has 1 amide bonds. The summed E-state index contributed by atoms with van der Waals surface area (Å²) >= 11 is 0. The van der Waals surface area contributed by atoms with E-state index >= 15 is 0 Å². The molecule has 1 aliphatic heterocycles. The minimum atomic E-state index is -0.00515. The zero-order chi connectivity index (χ0) is 11.5. The van der Waals surface area contributed by atoms with Crippen LogP contribution < -0.4 is 21.3 Å². The zero-order valence-corrected chi connectivity index (χ0v) is 9.03. The molecule has 0 radical (unpaired) electrons. The number of nitrogen functional groups attached to an aromatic ring is 1. The van der Waals surface area contributed by atoms with Crippen molar-refractivity contribution in [2.45, 2.75) is 0 Å². The fourth-order valence-electron chi connectivity index (χ4n) is 1.58. The van der Waals surface area contributed by atoms with Crippen molar-refractivity contribution in [3.8, 4) is 0 Å². The third kappa shape index (κ3) is 2.13. The van der Waals surface area contributed by atoms with Gasteiger partial charge in [0.2, 0.25) is 11.9 Å². The van der Waals surface area contributed by atoms with Gasteiger partial charge in [-0.3, -0.25) is 4.79 Å². The van der Waals surface area contributed by atoms with Crippen LogP contribution in [0.4, 0.5) is 17.6 Å². The van der Waals surface area contributed by atoms with Gasteiger partial charge in [0.1, 0.15) is 11.6 Å². The second-order valence-corrected chi connectivity index (χ2v) is 3.49. The Morgan fingerprint density at radius 1 is 1.56 bits per heavy atom. The van der Waals surface area contributed by atoms with Crippen molar-refractivity contribution >= 4 is 23.5 Å². The van der Waals surface area contributed by atoms with Crippen molar-refractivity contribution in [2.24, 2.45) is 0 Å². The van der Waals surface area contributed by atoms with E-state index in [9.17, 15) is 4.79 Å². The third-order valence-corrected chi connectivity index (χ3v) is 2.35. The van der Waals surface area contributed by atoms with E-state index in [1.165, 1.54) is 0 Å². The lowest BCUT2D eigenvalue weighted by Crippen LogP contribution is -2.48.